The SMILES string of the molecule is O=C(C=Cc1ccc(CNC(=O)CNC23CC4CC(CC(C4)C2)C3)cc1)NO. The van der Waals surface area contributed by atoms with Crippen LogP contribution in [-0.2, 0) is 16.1 Å². The Kier molecular flexibility index (Phi) is 5.51. The van der Waals surface area contributed by atoms with Crippen molar-refractivity contribution in [3.63, 3.8) is 0 Å². The van der Waals surface area contributed by atoms with Gasteiger partial charge in [0.2, 0.25) is 5.91 Å². The number of benzene rings is 1. The minimum Gasteiger partial charge on any atom is -0.351 e. The zero-order chi connectivity index (χ0) is 19.6. The van der Waals surface area contributed by atoms with E-state index in [0.29, 0.717) is 13.1 Å². The fraction of sp³-hybridized carbons (Fsp3) is 0.545. The topological polar surface area (TPSA) is 90.5 Å². The van der Waals surface area contributed by atoms with Crippen LogP contribution in [-0.4, -0.2) is 29.1 Å². The third kappa shape index (κ3) is 4.45. The van der Waals surface area contributed by atoms with Crippen LogP contribution in [0.2, 0.25) is 0 Å². The fourth-order valence-corrected chi connectivity index (χ4v) is 5.81. The Balaban J connectivity index is 1.23. The first-order valence-corrected chi connectivity index (χ1v) is 10.3. The highest BCUT2D eigenvalue weighted by Crippen LogP contribution is 2.55. The molecule has 28 heavy (non-hydrogen) atoms. The highest BCUT2D eigenvalue weighted by atomic mass is 16.5. The van der Waals surface area contributed by atoms with E-state index in [2.05, 4.69) is 10.6 Å². The third-order valence-electron chi connectivity index (χ3n) is 6.67. The van der Waals surface area contributed by atoms with Gasteiger partial charge in [-0.3, -0.25) is 14.8 Å². The van der Waals surface area contributed by atoms with Gasteiger partial charge in [0.15, 0.2) is 0 Å². The molecule has 4 N–H and O–H groups in total. The van der Waals surface area contributed by atoms with Crippen LogP contribution >= 0.6 is 0 Å². The molecule has 4 aliphatic rings. The van der Waals surface area contributed by atoms with E-state index in [1.165, 1.54) is 44.6 Å². The molecule has 0 aromatic heterocycles. The molecule has 4 bridgehead atoms. The summed E-state index contributed by atoms with van der Waals surface area (Å²) in [5.41, 5.74) is 3.62. The van der Waals surface area contributed by atoms with Crippen molar-refractivity contribution in [1.82, 2.24) is 16.1 Å². The number of hydrogen-bond donors (Lipinski definition) is 4. The number of nitrogens with one attached hydrogen (secondary N) is 3. The Morgan fingerprint density at radius 3 is 2.21 bits per heavy atom. The highest BCUT2D eigenvalue weighted by Gasteiger charge is 2.50. The van der Waals surface area contributed by atoms with Crippen LogP contribution in [0.15, 0.2) is 30.3 Å². The van der Waals surface area contributed by atoms with E-state index in [0.717, 1.165) is 28.9 Å². The summed E-state index contributed by atoms with van der Waals surface area (Å²) in [6, 6.07) is 7.58. The lowest BCUT2D eigenvalue weighted by Gasteiger charge is -2.57. The summed E-state index contributed by atoms with van der Waals surface area (Å²) < 4.78 is 0. The van der Waals surface area contributed by atoms with Crippen LogP contribution in [0, 0.1) is 17.8 Å². The van der Waals surface area contributed by atoms with E-state index in [-0.39, 0.29) is 11.4 Å². The van der Waals surface area contributed by atoms with Crippen molar-refractivity contribution < 1.29 is 14.8 Å². The molecule has 4 fully saturated rings. The Labute approximate surface area is 165 Å². The maximum absolute atomic E-state index is 12.3. The maximum Gasteiger partial charge on any atom is 0.267 e. The second kappa shape index (κ2) is 8.05. The van der Waals surface area contributed by atoms with Gasteiger partial charge in [-0.15, -0.1) is 0 Å². The summed E-state index contributed by atoms with van der Waals surface area (Å²) in [7, 11) is 0. The molecule has 0 unspecified atom stereocenters. The van der Waals surface area contributed by atoms with Crippen LogP contribution in [0.1, 0.15) is 49.7 Å². The van der Waals surface area contributed by atoms with Gasteiger partial charge in [0, 0.05) is 18.2 Å². The number of hydroxylamine groups is 1. The Hall–Kier alpha value is -2.18. The van der Waals surface area contributed by atoms with Gasteiger partial charge in [0.1, 0.15) is 0 Å². The first kappa shape index (κ1) is 19.2. The summed E-state index contributed by atoms with van der Waals surface area (Å²) >= 11 is 0. The van der Waals surface area contributed by atoms with Crippen molar-refractivity contribution in [2.45, 2.75) is 50.6 Å². The zero-order valence-electron chi connectivity index (χ0n) is 16.1. The molecule has 5 rings (SSSR count). The number of amides is 2. The van der Waals surface area contributed by atoms with E-state index < -0.39 is 5.91 Å². The van der Waals surface area contributed by atoms with Crippen molar-refractivity contribution in [3.8, 4) is 0 Å². The van der Waals surface area contributed by atoms with Gasteiger partial charge in [-0.25, -0.2) is 5.48 Å². The van der Waals surface area contributed by atoms with Gasteiger partial charge in [-0.05, 0) is 73.5 Å². The monoisotopic (exact) mass is 383 g/mol. The van der Waals surface area contributed by atoms with Crippen molar-refractivity contribution in [2.75, 3.05) is 6.54 Å². The second-order valence-corrected chi connectivity index (χ2v) is 8.88. The first-order valence-electron chi connectivity index (χ1n) is 10.3. The number of carbonyl (C=O) groups excluding carboxylic acids is 2. The van der Waals surface area contributed by atoms with Crippen LogP contribution in [0.5, 0.6) is 0 Å². The predicted molar refractivity (Wildman–Crippen MR) is 106 cm³/mol. The van der Waals surface area contributed by atoms with E-state index in [1.54, 1.807) is 11.6 Å². The lowest BCUT2D eigenvalue weighted by Crippen LogP contribution is -2.59. The second-order valence-electron chi connectivity index (χ2n) is 8.88. The van der Waals surface area contributed by atoms with Crippen molar-refractivity contribution >= 4 is 17.9 Å². The van der Waals surface area contributed by atoms with Gasteiger partial charge >= 0.3 is 0 Å². The molecule has 4 aliphatic carbocycles. The lowest BCUT2D eigenvalue weighted by molar-refractivity contribution is -0.124. The molecule has 0 radical (unpaired) electrons. The molecule has 2 amide bonds. The molecular weight excluding hydrogens is 354 g/mol. The highest BCUT2D eigenvalue weighted by molar-refractivity contribution is 5.90. The summed E-state index contributed by atoms with van der Waals surface area (Å²) in [6.45, 7) is 0.881. The molecule has 0 saturated heterocycles. The Morgan fingerprint density at radius 1 is 1.04 bits per heavy atom. The number of hydrogen-bond acceptors (Lipinski definition) is 4. The number of carbonyl (C=O) groups is 2. The van der Waals surface area contributed by atoms with Gasteiger partial charge < -0.3 is 10.6 Å². The molecule has 0 spiro atoms. The largest absolute Gasteiger partial charge is 0.351 e. The molecule has 6 nitrogen and oxygen atoms in total. The zero-order valence-corrected chi connectivity index (χ0v) is 16.1. The van der Waals surface area contributed by atoms with Crippen molar-refractivity contribution in [2.24, 2.45) is 17.8 Å². The van der Waals surface area contributed by atoms with Gasteiger partial charge in [-0.1, -0.05) is 24.3 Å². The molecule has 6 heteroatoms. The van der Waals surface area contributed by atoms with E-state index >= 15 is 0 Å². The molecule has 1 aromatic carbocycles. The van der Waals surface area contributed by atoms with Crippen LogP contribution in [0.3, 0.4) is 0 Å². The lowest BCUT2D eigenvalue weighted by atomic mass is 9.53. The van der Waals surface area contributed by atoms with Gasteiger partial charge in [0.05, 0.1) is 6.54 Å². The fourth-order valence-electron chi connectivity index (χ4n) is 5.81. The van der Waals surface area contributed by atoms with E-state index in [9.17, 15) is 9.59 Å². The quantitative estimate of drug-likeness (QED) is 0.331. The average molecular weight is 383 g/mol. The van der Waals surface area contributed by atoms with Gasteiger partial charge in [0.25, 0.3) is 5.91 Å². The normalized spacial score (nSPS) is 30.5. The average Bonchev–Trinajstić information content (AvgIpc) is 2.68. The predicted octanol–water partition coefficient (Wildman–Crippen LogP) is 2.38. The van der Waals surface area contributed by atoms with Gasteiger partial charge in [-0.2, -0.15) is 0 Å². The third-order valence-corrected chi connectivity index (χ3v) is 6.67. The van der Waals surface area contributed by atoms with E-state index in [4.69, 9.17) is 5.21 Å². The smallest absolute Gasteiger partial charge is 0.267 e. The minimum absolute atomic E-state index is 0.0411. The standard InChI is InChI=1S/C22H29N3O3/c26-20(25-28)6-5-15-1-3-16(4-2-15)13-23-21(27)14-24-22-10-17-7-18(11-22)9-19(8-17)12-22/h1-6,17-19,24,28H,7-14H2,(H,23,27)(H,25,26). The molecule has 0 aliphatic heterocycles. The minimum atomic E-state index is -0.567. The molecule has 0 heterocycles. The molecule has 1 aromatic rings. The molecular formula is C22H29N3O3. The van der Waals surface area contributed by atoms with Crippen molar-refractivity contribution in [3.05, 3.63) is 41.5 Å². The van der Waals surface area contributed by atoms with E-state index in [1.807, 2.05) is 24.3 Å². The molecule has 4 saturated carbocycles. The summed E-state index contributed by atoms with van der Waals surface area (Å²) in [4.78, 5) is 23.3. The first-order chi connectivity index (χ1) is 13.5. The molecule has 0 atom stereocenters. The van der Waals surface area contributed by atoms with Crippen molar-refractivity contribution in [1.29, 1.82) is 0 Å². The number of rotatable bonds is 7. The Morgan fingerprint density at radius 2 is 1.64 bits per heavy atom. The summed E-state index contributed by atoms with van der Waals surface area (Å²) in [5, 5.41) is 15.1. The summed E-state index contributed by atoms with van der Waals surface area (Å²) in [5.74, 6) is 2.09. The Bertz CT molecular complexity index is 722. The van der Waals surface area contributed by atoms with Crippen LogP contribution in [0.25, 0.3) is 6.08 Å². The summed E-state index contributed by atoms with van der Waals surface area (Å²) in [6.07, 6.45) is 10.8. The molecule has 150 valence electrons. The van der Waals surface area contributed by atoms with Crippen LogP contribution < -0.4 is 16.1 Å². The van der Waals surface area contributed by atoms with Crippen LogP contribution in [0.4, 0.5) is 0 Å². The maximum atomic E-state index is 12.3.